The lowest BCUT2D eigenvalue weighted by Gasteiger charge is -2.07. The van der Waals surface area contributed by atoms with Crippen molar-refractivity contribution in [2.45, 2.75) is 13.0 Å². The van der Waals surface area contributed by atoms with Crippen LogP contribution < -0.4 is 5.32 Å². The number of phenols is 1. The van der Waals surface area contributed by atoms with Crippen molar-refractivity contribution in [3.05, 3.63) is 28.2 Å². The molecule has 1 atom stereocenters. The van der Waals surface area contributed by atoms with Crippen LogP contribution in [-0.4, -0.2) is 28.8 Å². The van der Waals surface area contributed by atoms with E-state index in [9.17, 15) is 9.90 Å². The molecule has 1 rings (SSSR count). The first kappa shape index (κ1) is 12.0. The zero-order valence-electron chi connectivity index (χ0n) is 8.20. The maximum absolute atomic E-state index is 11.5. The van der Waals surface area contributed by atoms with Gasteiger partial charge in [-0.2, -0.15) is 0 Å². The molecule has 1 amide bonds. The maximum Gasteiger partial charge on any atom is 0.251 e. The number of aliphatic hydroxyl groups is 1. The van der Waals surface area contributed by atoms with Crippen LogP contribution in [0.2, 0.25) is 0 Å². The number of aliphatic hydroxyl groups excluding tert-OH is 1. The van der Waals surface area contributed by atoms with Crippen LogP contribution in [0.3, 0.4) is 0 Å². The van der Waals surface area contributed by atoms with E-state index < -0.39 is 6.10 Å². The highest BCUT2D eigenvalue weighted by Gasteiger charge is 2.08. The number of aromatic hydroxyl groups is 1. The summed E-state index contributed by atoms with van der Waals surface area (Å²) in [6.07, 6.45) is -0.585. The van der Waals surface area contributed by atoms with Gasteiger partial charge in [-0.15, -0.1) is 0 Å². The van der Waals surface area contributed by atoms with Crippen LogP contribution in [0.25, 0.3) is 0 Å². The minimum absolute atomic E-state index is 0.0136. The lowest BCUT2D eigenvalue weighted by atomic mass is 10.2. The summed E-state index contributed by atoms with van der Waals surface area (Å²) in [7, 11) is 0. The summed E-state index contributed by atoms with van der Waals surface area (Å²) in [4.78, 5) is 11.5. The van der Waals surface area contributed by atoms with Crippen molar-refractivity contribution in [3.8, 4) is 5.75 Å². The van der Waals surface area contributed by atoms with Gasteiger partial charge in [0.05, 0.1) is 10.6 Å². The second-order valence-corrected chi connectivity index (χ2v) is 4.08. The molecule has 0 saturated heterocycles. The van der Waals surface area contributed by atoms with E-state index in [1.165, 1.54) is 6.07 Å². The number of benzene rings is 1. The summed E-state index contributed by atoms with van der Waals surface area (Å²) >= 11 is 3.12. The van der Waals surface area contributed by atoms with Crippen molar-refractivity contribution in [3.63, 3.8) is 0 Å². The normalized spacial score (nSPS) is 12.2. The molecule has 0 saturated carbocycles. The summed E-state index contributed by atoms with van der Waals surface area (Å²) in [5.41, 5.74) is 0.358. The molecule has 82 valence electrons. The molecule has 0 aromatic heterocycles. The lowest BCUT2D eigenvalue weighted by molar-refractivity contribution is 0.0923. The number of rotatable bonds is 3. The third kappa shape index (κ3) is 3.53. The van der Waals surface area contributed by atoms with E-state index in [0.717, 1.165) is 0 Å². The molecule has 3 N–H and O–H groups in total. The molecule has 0 bridgehead atoms. The van der Waals surface area contributed by atoms with E-state index in [-0.39, 0.29) is 18.2 Å². The zero-order chi connectivity index (χ0) is 11.4. The highest BCUT2D eigenvalue weighted by atomic mass is 79.9. The molecule has 5 heteroatoms. The molecule has 1 aromatic rings. The Morgan fingerprint density at radius 3 is 2.80 bits per heavy atom. The van der Waals surface area contributed by atoms with E-state index >= 15 is 0 Å². The Hall–Kier alpha value is -1.07. The zero-order valence-corrected chi connectivity index (χ0v) is 9.78. The van der Waals surface area contributed by atoms with Crippen LogP contribution in [0.4, 0.5) is 0 Å². The fraction of sp³-hybridized carbons (Fsp3) is 0.300. The van der Waals surface area contributed by atoms with Gasteiger partial charge in [0, 0.05) is 12.1 Å². The minimum Gasteiger partial charge on any atom is -0.507 e. The highest BCUT2D eigenvalue weighted by molar-refractivity contribution is 9.10. The molecule has 15 heavy (non-hydrogen) atoms. The smallest absolute Gasteiger partial charge is 0.251 e. The second kappa shape index (κ2) is 5.14. The van der Waals surface area contributed by atoms with E-state index in [1.54, 1.807) is 19.1 Å². The number of phenolic OH excluding ortho intramolecular Hbond substituents is 1. The largest absolute Gasteiger partial charge is 0.507 e. The van der Waals surface area contributed by atoms with Crippen LogP contribution >= 0.6 is 15.9 Å². The van der Waals surface area contributed by atoms with Gasteiger partial charge < -0.3 is 15.5 Å². The van der Waals surface area contributed by atoms with Crippen molar-refractivity contribution in [2.24, 2.45) is 0 Å². The van der Waals surface area contributed by atoms with E-state index in [2.05, 4.69) is 21.2 Å². The average Bonchev–Trinajstić information content (AvgIpc) is 2.18. The molecule has 0 aliphatic carbocycles. The monoisotopic (exact) mass is 273 g/mol. The molecule has 1 unspecified atom stereocenters. The summed E-state index contributed by atoms with van der Waals surface area (Å²) in [6.45, 7) is 1.77. The number of carbonyl (C=O) groups excluding carboxylic acids is 1. The Kier molecular flexibility index (Phi) is 4.11. The van der Waals surface area contributed by atoms with Gasteiger partial charge in [0.1, 0.15) is 5.75 Å². The quantitative estimate of drug-likeness (QED) is 0.777. The average molecular weight is 274 g/mol. The number of amides is 1. The number of nitrogens with one attached hydrogen (secondary N) is 1. The lowest BCUT2D eigenvalue weighted by Crippen LogP contribution is -2.30. The molecule has 0 fully saturated rings. The molecule has 0 spiro atoms. The van der Waals surface area contributed by atoms with Crippen LogP contribution in [-0.2, 0) is 0 Å². The SMILES string of the molecule is CC(O)CNC(=O)c1ccc(Br)c(O)c1. The summed E-state index contributed by atoms with van der Waals surface area (Å²) < 4.78 is 0.537. The molecule has 0 radical (unpaired) electrons. The standard InChI is InChI=1S/C10H12BrNO3/c1-6(13)5-12-10(15)7-2-3-8(11)9(14)4-7/h2-4,6,13-14H,5H2,1H3,(H,12,15). The fourth-order valence-electron chi connectivity index (χ4n) is 0.996. The predicted octanol–water partition coefficient (Wildman–Crippen LogP) is 1.27. The van der Waals surface area contributed by atoms with Crippen LogP contribution in [0.15, 0.2) is 22.7 Å². The molecule has 0 aliphatic rings. The van der Waals surface area contributed by atoms with Gasteiger partial charge in [-0.3, -0.25) is 4.79 Å². The summed E-state index contributed by atoms with van der Waals surface area (Å²) in [5.74, 6) is -0.307. The first-order valence-corrected chi connectivity index (χ1v) is 5.25. The third-order valence-electron chi connectivity index (χ3n) is 1.77. The Morgan fingerprint density at radius 1 is 1.60 bits per heavy atom. The maximum atomic E-state index is 11.5. The molecule has 1 aromatic carbocycles. The van der Waals surface area contributed by atoms with Crippen molar-refractivity contribution < 1.29 is 15.0 Å². The Balaban J connectivity index is 2.70. The van der Waals surface area contributed by atoms with Crippen LogP contribution in [0.1, 0.15) is 17.3 Å². The molecule has 0 aliphatic heterocycles. The van der Waals surface area contributed by atoms with Gasteiger partial charge >= 0.3 is 0 Å². The van der Waals surface area contributed by atoms with E-state index in [4.69, 9.17) is 5.11 Å². The minimum atomic E-state index is -0.585. The Labute approximate surface area is 96.1 Å². The summed E-state index contributed by atoms with van der Waals surface area (Å²) in [6, 6.07) is 4.54. The fourth-order valence-corrected chi connectivity index (χ4v) is 1.24. The van der Waals surface area contributed by atoms with E-state index in [1.807, 2.05) is 0 Å². The first-order valence-electron chi connectivity index (χ1n) is 4.45. The number of hydrogen-bond acceptors (Lipinski definition) is 3. The predicted molar refractivity (Wildman–Crippen MR) is 59.8 cm³/mol. The van der Waals surface area contributed by atoms with Gasteiger partial charge in [0.15, 0.2) is 0 Å². The van der Waals surface area contributed by atoms with Crippen molar-refractivity contribution >= 4 is 21.8 Å². The van der Waals surface area contributed by atoms with Gasteiger partial charge in [-0.05, 0) is 41.1 Å². The third-order valence-corrected chi connectivity index (χ3v) is 2.44. The second-order valence-electron chi connectivity index (χ2n) is 3.23. The van der Waals surface area contributed by atoms with Gasteiger partial charge in [0.25, 0.3) is 5.91 Å². The summed E-state index contributed by atoms with van der Waals surface area (Å²) in [5, 5.41) is 20.9. The topological polar surface area (TPSA) is 69.6 Å². The number of halogens is 1. The van der Waals surface area contributed by atoms with Gasteiger partial charge in [-0.25, -0.2) is 0 Å². The van der Waals surface area contributed by atoms with Gasteiger partial charge in [-0.1, -0.05) is 0 Å². The van der Waals surface area contributed by atoms with Crippen LogP contribution in [0.5, 0.6) is 5.75 Å². The molecular weight excluding hydrogens is 262 g/mol. The van der Waals surface area contributed by atoms with Crippen molar-refractivity contribution in [1.29, 1.82) is 0 Å². The van der Waals surface area contributed by atoms with Crippen molar-refractivity contribution in [2.75, 3.05) is 6.54 Å². The number of carbonyl (C=O) groups is 1. The van der Waals surface area contributed by atoms with Crippen molar-refractivity contribution in [1.82, 2.24) is 5.32 Å². The highest BCUT2D eigenvalue weighted by Crippen LogP contribution is 2.24. The number of hydrogen-bond donors (Lipinski definition) is 3. The van der Waals surface area contributed by atoms with Gasteiger partial charge in [0.2, 0.25) is 0 Å². The molecule has 4 nitrogen and oxygen atoms in total. The molecular formula is C10H12BrNO3. The Bertz CT molecular complexity index is 366. The Morgan fingerprint density at radius 2 is 2.27 bits per heavy atom. The molecule has 0 heterocycles. The van der Waals surface area contributed by atoms with Crippen LogP contribution in [0, 0.1) is 0 Å². The van der Waals surface area contributed by atoms with E-state index in [0.29, 0.717) is 10.0 Å². The first-order chi connectivity index (χ1) is 7.00.